The fourth-order valence-electron chi connectivity index (χ4n) is 2.41. The number of rotatable bonds is 8. The molecule has 0 saturated heterocycles. The first-order valence-electron chi connectivity index (χ1n) is 7.63. The van der Waals surface area contributed by atoms with Gasteiger partial charge in [-0.25, -0.2) is 0 Å². The molecule has 1 rings (SSSR count). The van der Waals surface area contributed by atoms with E-state index in [2.05, 4.69) is 12.2 Å². The number of hydrogen-bond acceptors (Lipinski definition) is 3. The lowest BCUT2D eigenvalue weighted by Crippen LogP contribution is -2.35. The lowest BCUT2D eigenvalue weighted by molar-refractivity contribution is -0.121. The van der Waals surface area contributed by atoms with E-state index in [0.29, 0.717) is 19.7 Å². The number of ether oxygens (including phenoxy) is 1. The van der Waals surface area contributed by atoms with Crippen molar-refractivity contribution < 1.29 is 14.3 Å². The Labute approximate surface area is 132 Å². The zero-order valence-electron chi connectivity index (χ0n) is 13.9. The van der Waals surface area contributed by atoms with Gasteiger partial charge in [-0.3, -0.25) is 9.59 Å². The molecule has 0 aromatic heterocycles. The standard InChI is InChI=1S/C17H26N2O3/c1-5-15-8-6-7-13(2)17(15)19(14(3)20)11-9-16(21)18-10-12-22-4/h6-8H,5,9-12H2,1-4H3,(H,18,21). The van der Waals surface area contributed by atoms with Crippen molar-refractivity contribution in [2.45, 2.75) is 33.6 Å². The number of aryl methyl sites for hydroxylation is 2. The van der Waals surface area contributed by atoms with Gasteiger partial charge >= 0.3 is 0 Å². The van der Waals surface area contributed by atoms with E-state index in [-0.39, 0.29) is 18.2 Å². The smallest absolute Gasteiger partial charge is 0.223 e. The maximum absolute atomic E-state index is 12.0. The molecule has 0 heterocycles. The normalized spacial score (nSPS) is 10.4. The van der Waals surface area contributed by atoms with Crippen LogP contribution in [0.4, 0.5) is 5.69 Å². The van der Waals surface area contributed by atoms with Crippen LogP contribution in [0.1, 0.15) is 31.4 Å². The van der Waals surface area contributed by atoms with E-state index in [9.17, 15) is 9.59 Å². The highest BCUT2D eigenvalue weighted by atomic mass is 16.5. The Morgan fingerprint density at radius 2 is 2.05 bits per heavy atom. The summed E-state index contributed by atoms with van der Waals surface area (Å²) in [5.41, 5.74) is 3.10. The van der Waals surface area contributed by atoms with E-state index in [1.807, 2.05) is 25.1 Å². The van der Waals surface area contributed by atoms with E-state index in [1.165, 1.54) is 6.92 Å². The summed E-state index contributed by atoms with van der Waals surface area (Å²) in [5.74, 6) is -0.122. The number of para-hydroxylation sites is 1. The minimum Gasteiger partial charge on any atom is -0.383 e. The quantitative estimate of drug-likeness (QED) is 0.748. The van der Waals surface area contributed by atoms with Gasteiger partial charge in [-0.05, 0) is 24.5 Å². The highest BCUT2D eigenvalue weighted by Gasteiger charge is 2.18. The molecule has 1 N–H and O–H groups in total. The average molecular weight is 306 g/mol. The number of anilines is 1. The van der Waals surface area contributed by atoms with Crippen molar-refractivity contribution in [3.05, 3.63) is 29.3 Å². The lowest BCUT2D eigenvalue weighted by Gasteiger charge is -2.25. The van der Waals surface area contributed by atoms with Gasteiger partial charge in [0.15, 0.2) is 0 Å². The molecule has 122 valence electrons. The zero-order chi connectivity index (χ0) is 16.5. The van der Waals surface area contributed by atoms with E-state index in [0.717, 1.165) is 23.2 Å². The predicted octanol–water partition coefficient (Wildman–Crippen LogP) is 2.06. The van der Waals surface area contributed by atoms with Crippen LogP contribution in [-0.4, -0.2) is 38.6 Å². The van der Waals surface area contributed by atoms with Gasteiger partial charge in [0.2, 0.25) is 11.8 Å². The Morgan fingerprint density at radius 1 is 1.32 bits per heavy atom. The van der Waals surface area contributed by atoms with E-state index >= 15 is 0 Å². The maximum Gasteiger partial charge on any atom is 0.223 e. The van der Waals surface area contributed by atoms with Crippen molar-refractivity contribution >= 4 is 17.5 Å². The number of nitrogens with zero attached hydrogens (tertiary/aromatic N) is 1. The molecular formula is C17H26N2O3. The Bertz CT molecular complexity index is 515. The summed E-state index contributed by atoms with van der Waals surface area (Å²) in [4.78, 5) is 25.5. The van der Waals surface area contributed by atoms with E-state index in [4.69, 9.17) is 4.74 Å². The molecule has 0 aliphatic rings. The summed E-state index contributed by atoms with van der Waals surface area (Å²) in [6.45, 7) is 6.94. The number of benzene rings is 1. The van der Waals surface area contributed by atoms with E-state index in [1.54, 1.807) is 12.0 Å². The van der Waals surface area contributed by atoms with Gasteiger partial charge in [-0.2, -0.15) is 0 Å². The summed E-state index contributed by atoms with van der Waals surface area (Å²) in [6.07, 6.45) is 1.13. The Morgan fingerprint density at radius 3 is 2.64 bits per heavy atom. The molecule has 0 saturated carbocycles. The summed E-state index contributed by atoms with van der Waals surface area (Å²) < 4.78 is 4.89. The van der Waals surface area contributed by atoms with Crippen LogP contribution in [0.5, 0.6) is 0 Å². The summed E-state index contributed by atoms with van der Waals surface area (Å²) in [6, 6.07) is 6.01. The molecule has 5 nitrogen and oxygen atoms in total. The monoisotopic (exact) mass is 306 g/mol. The van der Waals surface area contributed by atoms with Gasteiger partial charge in [0.25, 0.3) is 0 Å². The molecule has 0 atom stereocenters. The minimum atomic E-state index is -0.0741. The molecule has 0 spiro atoms. The predicted molar refractivity (Wildman–Crippen MR) is 88.1 cm³/mol. The van der Waals surface area contributed by atoms with E-state index < -0.39 is 0 Å². The number of carbonyl (C=O) groups is 2. The molecule has 0 bridgehead atoms. The molecule has 0 aliphatic carbocycles. The number of amides is 2. The van der Waals surface area contributed by atoms with Crippen LogP contribution in [-0.2, 0) is 20.7 Å². The molecule has 0 fully saturated rings. The van der Waals surface area contributed by atoms with Crippen molar-refractivity contribution in [1.82, 2.24) is 5.32 Å². The van der Waals surface area contributed by atoms with Gasteiger partial charge in [0, 0.05) is 39.2 Å². The van der Waals surface area contributed by atoms with Crippen LogP contribution in [0.15, 0.2) is 18.2 Å². The highest BCUT2D eigenvalue weighted by Crippen LogP contribution is 2.26. The Kier molecular flexibility index (Phi) is 7.60. The van der Waals surface area contributed by atoms with Gasteiger partial charge in [-0.1, -0.05) is 25.1 Å². The molecule has 22 heavy (non-hydrogen) atoms. The molecule has 1 aromatic carbocycles. The first-order chi connectivity index (χ1) is 10.5. The topological polar surface area (TPSA) is 58.6 Å². The number of nitrogens with one attached hydrogen (secondary N) is 1. The molecular weight excluding hydrogens is 280 g/mol. The molecule has 1 aromatic rings. The SMILES string of the molecule is CCc1cccc(C)c1N(CCC(=O)NCCOC)C(C)=O. The van der Waals surface area contributed by atoms with Crippen LogP contribution >= 0.6 is 0 Å². The van der Waals surface area contributed by atoms with Crippen LogP contribution < -0.4 is 10.2 Å². The Hall–Kier alpha value is -1.88. The summed E-state index contributed by atoms with van der Waals surface area (Å²) in [7, 11) is 1.59. The van der Waals surface area contributed by atoms with Gasteiger partial charge < -0.3 is 15.0 Å². The molecule has 0 radical (unpaired) electrons. The third kappa shape index (κ3) is 5.15. The van der Waals surface area contributed by atoms with Gasteiger partial charge in [0.1, 0.15) is 0 Å². The molecule has 0 aliphatic heterocycles. The highest BCUT2D eigenvalue weighted by molar-refractivity contribution is 5.94. The van der Waals surface area contributed by atoms with Crippen molar-refractivity contribution in [3.8, 4) is 0 Å². The van der Waals surface area contributed by atoms with Gasteiger partial charge in [0.05, 0.1) is 6.61 Å². The van der Waals surface area contributed by atoms with Gasteiger partial charge in [-0.15, -0.1) is 0 Å². The second-order valence-corrected chi connectivity index (χ2v) is 5.20. The Balaban J connectivity index is 2.79. The second-order valence-electron chi connectivity index (χ2n) is 5.20. The third-order valence-corrected chi connectivity index (χ3v) is 3.54. The van der Waals surface area contributed by atoms with Crippen molar-refractivity contribution in [2.24, 2.45) is 0 Å². The number of carbonyl (C=O) groups excluding carboxylic acids is 2. The van der Waals surface area contributed by atoms with Crippen LogP contribution in [0, 0.1) is 6.92 Å². The molecule has 0 unspecified atom stereocenters. The summed E-state index contributed by atoms with van der Waals surface area (Å²) >= 11 is 0. The largest absolute Gasteiger partial charge is 0.383 e. The minimum absolute atomic E-state index is 0.0475. The number of methoxy groups -OCH3 is 1. The fourth-order valence-corrected chi connectivity index (χ4v) is 2.41. The lowest BCUT2D eigenvalue weighted by atomic mass is 10.0. The molecule has 5 heteroatoms. The summed E-state index contributed by atoms with van der Waals surface area (Å²) in [5, 5.41) is 2.77. The van der Waals surface area contributed by atoms with Crippen molar-refractivity contribution in [1.29, 1.82) is 0 Å². The van der Waals surface area contributed by atoms with Crippen LogP contribution in [0.2, 0.25) is 0 Å². The first-order valence-corrected chi connectivity index (χ1v) is 7.63. The first kappa shape index (κ1) is 18.2. The second kappa shape index (κ2) is 9.20. The van der Waals surface area contributed by atoms with Crippen molar-refractivity contribution in [3.63, 3.8) is 0 Å². The average Bonchev–Trinajstić information content (AvgIpc) is 2.48. The van der Waals surface area contributed by atoms with Crippen LogP contribution in [0.3, 0.4) is 0 Å². The van der Waals surface area contributed by atoms with Crippen molar-refractivity contribution in [2.75, 3.05) is 31.7 Å². The molecule has 2 amide bonds. The fraction of sp³-hybridized carbons (Fsp3) is 0.529. The maximum atomic E-state index is 12.0. The van der Waals surface area contributed by atoms with Crippen LogP contribution in [0.25, 0.3) is 0 Å². The third-order valence-electron chi connectivity index (χ3n) is 3.54. The number of hydrogen-bond donors (Lipinski definition) is 1. The zero-order valence-corrected chi connectivity index (χ0v) is 13.9.